The Morgan fingerprint density at radius 1 is 1.12 bits per heavy atom. The number of benzene rings is 1. The smallest absolute Gasteiger partial charge is 0.0816 e. The van der Waals surface area contributed by atoms with Gasteiger partial charge in [-0.2, -0.15) is 5.26 Å². The molecule has 0 amide bonds. The normalized spacial score (nSPS) is 18.5. The Morgan fingerprint density at radius 3 is 2.47 bits per heavy atom. The molecule has 1 aromatic rings. The summed E-state index contributed by atoms with van der Waals surface area (Å²) < 4.78 is 6.07. The van der Waals surface area contributed by atoms with Gasteiger partial charge in [-0.1, -0.05) is 49.6 Å². The van der Waals surface area contributed by atoms with E-state index in [-0.39, 0.29) is 5.60 Å². The van der Waals surface area contributed by atoms with Gasteiger partial charge in [-0.25, -0.2) is 0 Å². The van der Waals surface area contributed by atoms with Gasteiger partial charge in [0.2, 0.25) is 0 Å². The Kier molecular flexibility index (Phi) is 4.17. The van der Waals surface area contributed by atoms with Crippen LogP contribution in [0.1, 0.15) is 44.1 Å². The van der Waals surface area contributed by atoms with E-state index in [1.54, 1.807) is 0 Å². The fourth-order valence-electron chi connectivity index (χ4n) is 2.52. The summed E-state index contributed by atoms with van der Waals surface area (Å²) in [5, 5.41) is 8.95. The second-order valence-corrected chi connectivity index (χ2v) is 4.85. The molecule has 0 N–H and O–H groups in total. The summed E-state index contributed by atoms with van der Waals surface area (Å²) in [7, 11) is 0. The highest BCUT2D eigenvalue weighted by Crippen LogP contribution is 2.34. The molecule has 0 radical (unpaired) electrons. The van der Waals surface area contributed by atoms with Crippen molar-refractivity contribution in [1.82, 2.24) is 0 Å². The molecule has 1 aliphatic carbocycles. The Hall–Kier alpha value is -1.33. The van der Waals surface area contributed by atoms with Gasteiger partial charge in [0.1, 0.15) is 0 Å². The summed E-state index contributed by atoms with van der Waals surface area (Å²) in [4.78, 5) is 0. The third kappa shape index (κ3) is 3.31. The van der Waals surface area contributed by atoms with Crippen LogP contribution >= 0.6 is 0 Å². The van der Waals surface area contributed by atoms with E-state index in [2.05, 4.69) is 18.2 Å². The van der Waals surface area contributed by atoms with E-state index in [0.717, 1.165) is 12.8 Å². The number of ether oxygens (including phenoxy) is 1. The average molecular weight is 229 g/mol. The lowest BCUT2D eigenvalue weighted by Crippen LogP contribution is -2.34. The second-order valence-electron chi connectivity index (χ2n) is 4.85. The molecule has 0 bridgehead atoms. The Bertz CT molecular complexity index is 374. The highest BCUT2D eigenvalue weighted by atomic mass is 16.5. The average Bonchev–Trinajstić information content (AvgIpc) is 2.39. The minimum absolute atomic E-state index is 0.178. The topological polar surface area (TPSA) is 33.0 Å². The number of nitriles is 1. The summed E-state index contributed by atoms with van der Waals surface area (Å²) in [5.41, 5.74) is 1.01. The fourth-order valence-corrected chi connectivity index (χ4v) is 2.52. The maximum atomic E-state index is 8.95. The van der Waals surface area contributed by atoms with E-state index in [0.29, 0.717) is 13.0 Å². The maximum Gasteiger partial charge on any atom is 0.0816 e. The molecule has 1 aliphatic rings. The highest BCUT2D eigenvalue weighted by Gasteiger charge is 2.32. The van der Waals surface area contributed by atoms with Crippen LogP contribution in [0.25, 0.3) is 0 Å². The summed E-state index contributed by atoms with van der Waals surface area (Å²) >= 11 is 0. The molecule has 0 spiro atoms. The fraction of sp³-hybridized carbons (Fsp3) is 0.533. The van der Waals surface area contributed by atoms with Crippen LogP contribution in [-0.2, 0) is 11.3 Å². The van der Waals surface area contributed by atoms with Gasteiger partial charge >= 0.3 is 0 Å². The van der Waals surface area contributed by atoms with Crippen LogP contribution in [0.2, 0.25) is 0 Å². The van der Waals surface area contributed by atoms with Crippen LogP contribution in [-0.4, -0.2) is 5.60 Å². The zero-order valence-electron chi connectivity index (χ0n) is 10.2. The predicted molar refractivity (Wildman–Crippen MR) is 67.3 cm³/mol. The van der Waals surface area contributed by atoms with E-state index in [1.807, 2.05) is 18.2 Å². The second kappa shape index (κ2) is 5.84. The van der Waals surface area contributed by atoms with Crippen molar-refractivity contribution in [2.24, 2.45) is 0 Å². The standard InChI is InChI=1S/C15H19NO/c16-12-11-15(9-5-2-6-10-15)17-13-14-7-3-1-4-8-14/h1,3-4,7-8H,2,5-6,9-11,13H2. The zero-order chi connectivity index (χ0) is 12.0. The van der Waals surface area contributed by atoms with E-state index in [1.165, 1.54) is 24.8 Å². The first kappa shape index (κ1) is 12.1. The van der Waals surface area contributed by atoms with Crippen LogP contribution < -0.4 is 0 Å². The van der Waals surface area contributed by atoms with Crippen molar-refractivity contribution in [2.45, 2.75) is 50.7 Å². The molecule has 2 rings (SSSR count). The van der Waals surface area contributed by atoms with Crippen LogP contribution in [0.4, 0.5) is 0 Å². The van der Waals surface area contributed by atoms with Gasteiger partial charge in [0, 0.05) is 0 Å². The quantitative estimate of drug-likeness (QED) is 0.786. The van der Waals surface area contributed by atoms with Gasteiger partial charge in [0.05, 0.1) is 24.7 Å². The van der Waals surface area contributed by atoms with Crippen molar-refractivity contribution < 1.29 is 4.74 Å². The number of hydrogen-bond acceptors (Lipinski definition) is 2. The molecule has 0 saturated heterocycles. The number of nitrogens with zero attached hydrogens (tertiary/aromatic N) is 1. The Morgan fingerprint density at radius 2 is 1.82 bits per heavy atom. The van der Waals surface area contributed by atoms with Crippen LogP contribution in [0, 0.1) is 11.3 Å². The maximum absolute atomic E-state index is 8.95. The van der Waals surface area contributed by atoms with Gasteiger partial charge < -0.3 is 4.74 Å². The van der Waals surface area contributed by atoms with Crippen molar-refractivity contribution >= 4 is 0 Å². The molecule has 2 heteroatoms. The van der Waals surface area contributed by atoms with E-state index in [9.17, 15) is 0 Å². The molecular formula is C15H19NO. The third-order valence-electron chi connectivity index (χ3n) is 3.55. The van der Waals surface area contributed by atoms with Gasteiger partial charge in [0.15, 0.2) is 0 Å². The zero-order valence-corrected chi connectivity index (χ0v) is 10.2. The minimum Gasteiger partial charge on any atom is -0.369 e. The largest absolute Gasteiger partial charge is 0.369 e. The van der Waals surface area contributed by atoms with Crippen LogP contribution in [0.15, 0.2) is 30.3 Å². The van der Waals surface area contributed by atoms with Gasteiger partial charge in [-0.05, 0) is 18.4 Å². The lowest BCUT2D eigenvalue weighted by molar-refractivity contribution is -0.0770. The Balaban J connectivity index is 1.96. The third-order valence-corrected chi connectivity index (χ3v) is 3.55. The van der Waals surface area contributed by atoms with Gasteiger partial charge in [-0.3, -0.25) is 0 Å². The molecule has 90 valence electrons. The predicted octanol–water partition coefficient (Wildman–Crippen LogP) is 3.82. The van der Waals surface area contributed by atoms with Crippen molar-refractivity contribution in [2.75, 3.05) is 0 Å². The minimum atomic E-state index is -0.178. The van der Waals surface area contributed by atoms with E-state index >= 15 is 0 Å². The van der Waals surface area contributed by atoms with Crippen molar-refractivity contribution in [3.63, 3.8) is 0 Å². The molecule has 0 heterocycles. The lowest BCUT2D eigenvalue weighted by atomic mass is 9.82. The first-order valence-corrected chi connectivity index (χ1v) is 6.39. The molecule has 1 saturated carbocycles. The number of hydrogen-bond donors (Lipinski definition) is 0. The number of rotatable bonds is 4. The Labute approximate surface area is 103 Å². The summed E-state index contributed by atoms with van der Waals surface area (Å²) in [6.45, 7) is 0.628. The first-order chi connectivity index (χ1) is 8.35. The lowest BCUT2D eigenvalue weighted by Gasteiger charge is -2.35. The summed E-state index contributed by atoms with van der Waals surface area (Å²) in [5.74, 6) is 0. The molecule has 0 aromatic heterocycles. The highest BCUT2D eigenvalue weighted by molar-refractivity contribution is 5.13. The summed E-state index contributed by atoms with van der Waals surface area (Å²) in [6, 6.07) is 12.5. The molecule has 0 aliphatic heterocycles. The molecule has 17 heavy (non-hydrogen) atoms. The van der Waals surface area contributed by atoms with Crippen LogP contribution in [0.3, 0.4) is 0 Å². The monoisotopic (exact) mass is 229 g/mol. The van der Waals surface area contributed by atoms with E-state index < -0.39 is 0 Å². The molecule has 2 nitrogen and oxygen atoms in total. The first-order valence-electron chi connectivity index (χ1n) is 6.39. The SMILES string of the molecule is N#CCC1(OCc2ccccc2)CCCCC1. The summed E-state index contributed by atoms with van der Waals surface area (Å²) in [6.07, 6.45) is 6.26. The van der Waals surface area contributed by atoms with Crippen molar-refractivity contribution in [3.8, 4) is 6.07 Å². The molecule has 0 atom stereocenters. The molecule has 1 aromatic carbocycles. The van der Waals surface area contributed by atoms with Crippen molar-refractivity contribution in [1.29, 1.82) is 5.26 Å². The van der Waals surface area contributed by atoms with Crippen molar-refractivity contribution in [3.05, 3.63) is 35.9 Å². The van der Waals surface area contributed by atoms with Gasteiger partial charge in [0.25, 0.3) is 0 Å². The molecular weight excluding hydrogens is 210 g/mol. The van der Waals surface area contributed by atoms with E-state index in [4.69, 9.17) is 10.00 Å². The van der Waals surface area contributed by atoms with Gasteiger partial charge in [-0.15, -0.1) is 0 Å². The molecule has 1 fully saturated rings. The van der Waals surface area contributed by atoms with Crippen LogP contribution in [0.5, 0.6) is 0 Å². The molecule has 0 unspecified atom stereocenters.